The Bertz CT molecular complexity index is 1010. The minimum atomic E-state index is -0.146. The third-order valence-electron chi connectivity index (χ3n) is 5.06. The van der Waals surface area contributed by atoms with Gasteiger partial charge in [-0.3, -0.25) is 14.4 Å². The van der Waals surface area contributed by atoms with Crippen LogP contribution in [-0.4, -0.2) is 46.5 Å². The minimum Gasteiger partial charge on any atom is -0.492 e. The van der Waals surface area contributed by atoms with Gasteiger partial charge in [0.2, 0.25) is 0 Å². The van der Waals surface area contributed by atoms with Gasteiger partial charge >= 0.3 is 0 Å². The molecule has 7 nitrogen and oxygen atoms in total. The number of ether oxygens (including phenoxy) is 2. The van der Waals surface area contributed by atoms with E-state index in [0.29, 0.717) is 24.0 Å². The normalized spacial score (nSPS) is 16.4. The van der Waals surface area contributed by atoms with Gasteiger partial charge in [0.15, 0.2) is 10.8 Å². The Morgan fingerprint density at radius 3 is 2.97 bits per heavy atom. The highest BCUT2D eigenvalue weighted by Gasteiger charge is 2.29. The maximum Gasteiger partial charge on any atom is 0.280 e. The molecule has 0 spiro atoms. The highest BCUT2D eigenvalue weighted by molar-refractivity contribution is 7.22. The number of aryl methyl sites for hydroxylation is 2. The Labute approximate surface area is 174 Å². The largest absolute Gasteiger partial charge is 0.492 e. The van der Waals surface area contributed by atoms with E-state index in [2.05, 4.69) is 5.10 Å². The zero-order valence-electron chi connectivity index (χ0n) is 17.1. The third-order valence-corrected chi connectivity index (χ3v) is 6.10. The summed E-state index contributed by atoms with van der Waals surface area (Å²) in [4.78, 5) is 19.9. The summed E-state index contributed by atoms with van der Waals surface area (Å²) in [7, 11) is 0. The summed E-state index contributed by atoms with van der Waals surface area (Å²) in [5.74, 6) is 0.593. The predicted octanol–water partition coefficient (Wildman–Crippen LogP) is 4.05. The highest BCUT2D eigenvalue weighted by atomic mass is 32.1. The Morgan fingerprint density at radius 2 is 2.28 bits per heavy atom. The molecule has 0 bridgehead atoms. The molecule has 1 aliphatic rings. The number of carbonyl (C=O) groups excluding carboxylic acids is 1. The van der Waals surface area contributed by atoms with Crippen molar-refractivity contribution in [3.05, 3.63) is 35.7 Å². The van der Waals surface area contributed by atoms with Gasteiger partial charge in [0.1, 0.15) is 11.3 Å². The summed E-state index contributed by atoms with van der Waals surface area (Å²) in [5.41, 5.74) is 2.19. The Hall–Kier alpha value is -2.45. The second kappa shape index (κ2) is 8.51. The zero-order chi connectivity index (χ0) is 20.4. The number of nitrogens with zero attached hydrogens (tertiary/aromatic N) is 4. The lowest BCUT2D eigenvalue weighted by Crippen LogP contribution is -2.37. The number of hydrogen-bond acceptors (Lipinski definition) is 6. The zero-order valence-corrected chi connectivity index (χ0v) is 17.9. The Morgan fingerprint density at radius 1 is 1.41 bits per heavy atom. The van der Waals surface area contributed by atoms with Gasteiger partial charge in [-0.1, -0.05) is 17.4 Å². The SMILES string of the molecule is CCOc1cccc2sc(N(CC3CCCO3)C(=O)c3cc(C)n(CC)n3)nc12. The van der Waals surface area contributed by atoms with Crippen LogP contribution in [0.2, 0.25) is 0 Å². The van der Waals surface area contributed by atoms with Crippen molar-refractivity contribution in [3.63, 3.8) is 0 Å². The summed E-state index contributed by atoms with van der Waals surface area (Å²) in [6.07, 6.45) is 1.98. The van der Waals surface area contributed by atoms with Crippen LogP contribution in [0.4, 0.5) is 5.13 Å². The minimum absolute atomic E-state index is 0.0201. The van der Waals surface area contributed by atoms with E-state index in [1.807, 2.05) is 49.7 Å². The molecule has 1 fully saturated rings. The summed E-state index contributed by atoms with van der Waals surface area (Å²) >= 11 is 1.49. The standard InChI is InChI=1S/C21H26N4O3S/c1-4-25-14(3)12-16(23-25)20(26)24(13-15-8-7-11-28-15)21-22-19-17(27-5-2)9-6-10-18(19)29-21/h6,9-10,12,15H,4-5,7-8,11,13H2,1-3H3. The van der Waals surface area contributed by atoms with Gasteiger partial charge in [-0.15, -0.1) is 0 Å². The number of benzene rings is 1. The molecule has 1 aromatic carbocycles. The molecule has 3 heterocycles. The van der Waals surface area contributed by atoms with Crippen molar-refractivity contribution >= 4 is 32.6 Å². The van der Waals surface area contributed by atoms with Gasteiger partial charge < -0.3 is 9.47 Å². The summed E-state index contributed by atoms with van der Waals surface area (Å²) < 4.78 is 14.4. The molecule has 1 amide bonds. The van der Waals surface area contributed by atoms with E-state index in [-0.39, 0.29) is 12.0 Å². The fourth-order valence-corrected chi connectivity index (χ4v) is 4.60. The van der Waals surface area contributed by atoms with E-state index < -0.39 is 0 Å². The Kier molecular flexibility index (Phi) is 5.82. The average molecular weight is 415 g/mol. The molecule has 1 aliphatic heterocycles. The molecule has 1 saturated heterocycles. The summed E-state index contributed by atoms with van der Waals surface area (Å²) in [6.45, 7) is 8.43. The van der Waals surface area contributed by atoms with Gasteiger partial charge in [0.05, 0.1) is 24.0 Å². The van der Waals surface area contributed by atoms with E-state index >= 15 is 0 Å². The summed E-state index contributed by atoms with van der Waals surface area (Å²) in [5, 5.41) is 5.14. The van der Waals surface area contributed by atoms with E-state index in [1.54, 1.807) is 4.90 Å². The fraction of sp³-hybridized carbons (Fsp3) is 0.476. The first-order chi connectivity index (χ1) is 14.1. The molecule has 1 unspecified atom stereocenters. The van der Waals surface area contributed by atoms with Gasteiger partial charge in [-0.2, -0.15) is 5.10 Å². The molecule has 0 aliphatic carbocycles. The van der Waals surface area contributed by atoms with Crippen molar-refractivity contribution in [1.82, 2.24) is 14.8 Å². The number of anilines is 1. The van der Waals surface area contributed by atoms with Crippen molar-refractivity contribution in [2.24, 2.45) is 0 Å². The first-order valence-electron chi connectivity index (χ1n) is 10.1. The van der Waals surface area contributed by atoms with E-state index in [9.17, 15) is 4.79 Å². The van der Waals surface area contributed by atoms with Crippen LogP contribution in [-0.2, 0) is 11.3 Å². The average Bonchev–Trinajstić information content (AvgIpc) is 3.45. The van der Waals surface area contributed by atoms with Crippen LogP contribution >= 0.6 is 11.3 Å². The van der Waals surface area contributed by atoms with E-state index in [4.69, 9.17) is 14.5 Å². The third kappa shape index (κ3) is 4.00. The van der Waals surface area contributed by atoms with Gasteiger partial charge in [0, 0.05) is 18.8 Å². The first-order valence-corrected chi connectivity index (χ1v) is 10.9. The van der Waals surface area contributed by atoms with Crippen molar-refractivity contribution in [1.29, 1.82) is 0 Å². The topological polar surface area (TPSA) is 69.5 Å². The first kappa shape index (κ1) is 19.8. The molecule has 29 heavy (non-hydrogen) atoms. The second-order valence-corrected chi connectivity index (χ2v) is 8.08. The van der Waals surface area contributed by atoms with Crippen molar-refractivity contribution < 1.29 is 14.3 Å². The molecule has 2 aromatic heterocycles. The predicted molar refractivity (Wildman–Crippen MR) is 114 cm³/mol. The van der Waals surface area contributed by atoms with Gasteiger partial charge in [0.25, 0.3) is 5.91 Å². The summed E-state index contributed by atoms with van der Waals surface area (Å²) in [6, 6.07) is 7.71. The second-order valence-electron chi connectivity index (χ2n) is 7.07. The molecule has 4 rings (SSSR count). The number of fused-ring (bicyclic) bond motifs is 1. The lowest BCUT2D eigenvalue weighted by Gasteiger charge is -2.22. The number of amides is 1. The molecular formula is C21H26N4O3S. The van der Waals surface area contributed by atoms with Crippen molar-refractivity contribution in [2.45, 2.75) is 46.3 Å². The van der Waals surface area contributed by atoms with Crippen LogP contribution < -0.4 is 9.64 Å². The molecular weight excluding hydrogens is 388 g/mol. The maximum absolute atomic E-state index is 13.4. The highest BCUT2D eigenvalue weighted by Crippen LogP contribution is 2.35. The molecule has 3 aromatic rings. The number of rotatable bonds is 7. The molecule has 154 valence electrons. The van der Waals surface area contributed by atoms with E-state index in [0.717, 1.165) is 47.7 Å². The number of thiazole rings is 1. The van der Waals surface area contributed by atoms with Crippen molar-refractivity contribution in [3.8, 4) is 5.75 Å². The fourth-order valence-electron chi connectivity index (χ4n) is 3.61. The molecule has 0 saturated carbocycles. The lowest BCUT2D eigenvalue weighted by molar-refractivity contribution is 0.0912. The smallest absolute Gasteiger partial charge is 0.280 e. The van der Waals surface area contributed by atoms with Crippen LogP contribution in [0.1, 0.15) is 42.9 Å². The number of carbonyl (C=O) groups is 1. The van der Waals surface area contributed by atoms with Gasteiger partial charge in [-0.05, 0) is 51.8 Å². The lowest BCUT2D eigenvalue weighted by atomic mass is 10.2. The number of para-hydroxylation sites is 1. The molecule has 0 radical (unpaired) electrons. The maximum atomic E-state index is 13.4. The molecule has 0 N–H and O–H groups in total. The van der Waals surface area contributed by atoms with Crippen molar-refractivity contribution in [2.75, 3.05) is 24.7 Å². The molecule has 8 heteroatoms. The quantitative estimate of drug-likeness (QED) is 0.583. The van der Waals surface area contributed by atoms with Crippen LogP contribution in [0.25, 0.3) is 10.2 Å². The Balaban J connectivity index is 1.72. The van der Waals surface area contributed by atoms with Gasteiger partial charge in [-0.25, -0.2) is 4.98 Å². The van der Waals surface area contributed by atoms with E-state index in [1.165, 1.54) is 11.3 Å². The van der Waals surface area contributed by atoms with Crippen LogP contribution in [0, 0.1) is 6.92 Å². The van der Waals surface area contributed by atoms with Crippen LogP contribution in [0.5, 0.6) is 5.75 Å². The number of aromatic nitrogens is 3. The molecule has 1 atom stereocenters. The monoisotopic (exact) mass is 414 g/mol. The van der Waals surface area contributed by atoms with Crippen LogP contribution in [0.15, 0.2) is 24.3 Å². The van der Waals surface area contributed by atoms with Crippen LogP contribution in [0.3, 0.4) is 0 Å². The number of hydrogen-bond donors (Lipinski definition) is 0.